The first-order valence-corrected chi connectivity index (χ1v) is 6.79. The predicted molar refractivity (Wildman–Crippen MR) is 83.5 cm³/mol. The van der Waals surface area contributed by atoms with Crippen LogP contribution in [-0.4, -0.2) is 16.7 Å². The molecule has 0 bridgehead atoms. The molecular formula is C17H16N2O2. The molecule has 0 atom stereocenters. The van der Waals surface area contributed by atoms with Crippen LogP contribution in [0.4, 0.5) is 5.69 Å². The first-order chi connectivity index (χ1) is 10.3. The molecule has 3 rings (SSSR count). The Morgan fingerprint density at radius 1 is 1.05 bits per heavy atom. The Labute approximate surface area is 122 Å². The van der Waals surface area contributed by atoms with Gasteiger partial charge >= 0.3 is 0 Å². The van der Waals surface area contributed by atoms with Crippen molar-refractivity contribution in [1.29, 1.82) is 0 Å². The Kier molecular flexibility index (Phi) is 3.71. The summed E-state index contributed by atoms with van der Waals surface area (Å²) in [7, 11) is 0. The maximum absolute atomic E-state index is 8.92. The maximum Gasteiger partial charge on any atom is 0.136 e. The summed E-state index contributed by atoms with van der Waals surface area (Å²) in [5.74, 6) is 1.47. The lowest BCUT2D eigenvalue weighted by molar-refractivity contribution is 0.299. The molecule has 0 aliphatic carbocycles. The standard InChI is InChI=1S/C17H16N2O2/c18-15-7-8-16(14-2-1-10-19-17(14)15)21-13-5-3-12(4-6-13)9-11-20/h1-8,10,20H,9,11,18H2. The first-order valence-electron chi connectivity index (χ1n) is 6.79. The molecule has 4 heteroatoms. The van der Waals surface area contributed by atoms with Crippen molar-refractivity contribution < 1.29 is 9.84 Å². The summed E-state index contributed by atoms with van der Waals surface area (Å²) in [6.07, 6.45) is 2.36. The van der Waals surface area contributed by atoms with Crippen LogP contribution in [0.15, 0.2) is 54.7 Å². The quantitative estimate of drug-likeness (QED) is 0.720. The zero-order valence-electron chi connectivity index (χ0n) is 11.5. The topological polar surface area (TPSA) is 68.4 Å². The molecule has 0 amide bonds. The summed E-state index contributed by atoms with van der Waals surface area (Å²) in [5, 5.41) is 9.80. The van der Waals surface area contributed by atoms with E-state index in [4.69, 9.17) is 15.6 Å². The Morgan fingerprint density at radius 3 is 2.62 bits per heavy atom. The number of nitrogens with zero attached hydrogens (tertiary/aromatic N) is 1. The number of aliphatic hydroxyl groups excluding tert-OH is 1. The van der Waals surface area contributed by atoms with Gasteiger partial charge in [-0.1, -0.05) is 12.1 Å². The third-order valence-electron chi connectivity index (χ3n) is 3.31. The van der Waals surface area contributed by atoms with Crippen molar-refractivity contribution in [2.45, 2.75) is 6.42 Å². The maximum atomic E-state index is 8.92. The van der Waals surface area contributed by atoms with Gasteiger partial charge in [0.2, 0.25) is 0 Å². The van der Waals surface area contributed by atoms with Gasteiger partial charge in [0.1, 0.15) is 11.5 Å². The number of aromatic nitrogens is 1. The van der Waals surface area contributed by atoms with Gasteiger partial charge in [-0.25, -0.2) is 0 Å². The van der Waals surface area contributed by atoms with E-state index < -0.39 is 0 Å². The van der Waals surface area contributed by atoms with Crippen molar-refractivity contribution in [3.8, 4) is 11.5 Å². The van der Waals surface area contributed by atoms with Crippen molar-refractivity contribution in [3.63, 3.8) is 0 Å². The van der Waals surface area contributed by atoms with Crippen LogP contribution in [-0.2, 0) is 6.42 Å². The minimum atomic E-state index is 0.147. The summed E-state index contributed by atoms with van der Waals surface area (Å²) in [5.41, 5.74) is 8.39. The third kappa shape index (κ3) is 2.80. The Balaban J connectivity index is 1.93. The summed E-state index contributed by atoms with van der Waals surface area (Å²) in [4.78, 5) is 4.29. The van der Waals surface area contributed by atoms with E-state index in [0.29, 0.717) is 12.1 Å². The third-order valence-corrected chi connectivity index (χ3v) is 3.31. The van der Waals surface area contributed by atoms with E-state index in [2.05, 4.69) is 4.98 Å². The van der Waals surface area contributed by atoms with E-state index >= 15 is 0 Å². The van der Waals surface area contributed by atoms with Crippen LogP contribution in [0.3, 0.4) is 0 Å². The molecule has 1 aromatic heterocycles. The molecule has 4 nitrogen and oxygen atoms in total. The van der Waals surface area contributed by atoms with Crippen molar-refractivity contribution in [1.82, 2.24) is 4.98 Å². The van der Waals surface area contributed by atoms with Gasteiger partial charge in [0, 0.05) is 18.2 Å². The molecule has 2 aromatic carbocycles. The largest absolute Gasteiger partial charge is 0.457 e. The number of anilines is 1. The van der Waals surface area contributed by atoms with E-state index in [1.807, 2.05) is 42.5 Å². The highest BCUT2D eigenvalue weighted by molar-refractivity contribution is 5.93. The lowest BCUT2D eigenvalue weighted by Gasteiger charge is -2.10. The zero-order chi connectivity index (χ0) is 14.7. The zero-order valence-corrected chi connectivity index (χ0v) is 11.5. The van der Waals surface area contributed by atoms with E-state index in [-0.39, 0.29) is 6.61 Å². The highest BCUT2D eigenvalue weighted by Crippen LogP contribution is 2.31. The normalized spacial score (nSPS) is 10.7. The van der Waals surface area contributed by atoms with Crippen molar-refractivity contribution in [3.05, 3.63) is 60.3 Å². The number of rotatable bonds is 4. The number of aliphatic hydroxyl groups is 1. The van der Waals surface area contributed by atoms with Crippen molar-refractivity contribution in [2.24, 2.45) is 0 Å². The Hall–Kier alpha value is -2.59. The van der Waals surface area contributed by atoms with Gasteiger partial charge in [-0.2, -0.15) is 0 Å². The molecule has 0 saturated heterocycles. The SMILES string of the molecule is Nc1ccc(Oc2ccc(CCO)cc2)c2cccnc12. The molecule has 0 aliphatic rings. The minimum Gasteiger partial charge on any atom is -0.457 e. The van der Waals surface area contributed by atoms with Crippen LogP contribution < -0.4 is 10.5 Å². The van der Waals surface area contributed by atoms with Crippen LogP contribution in [0.5, 0.6) is 11.5 Å². The van der Waals surface area contributed by atoms with E-state index in [1.165, 1.54) is 0 Å². The molecule has 106 valence electrons. The molecule has 0 saturated carbocycles. The summed E-state index contributed by atoms with van der Waals surface area (Å²) in [6, 6.07) is 15.1. The number of hydrogen-bond acceptors (Lipinski definition) is 4. The molecular weight excluding hydrogens is 264 g/mol. The van der Waals surface area contributed by atoms with Crippen LogP contribution in [0, 0.1) is 0 Å². The molecule has 1 heterocycles. The highest BCUT2D eigenvalue weighted by atomic mass is 16.5. The monoisotopic (exact) mass is 280 g/mol. The average molecular weight is 280 g/mol. The average Bonchev–Trinajstić information content (AvgIpc) is 2.52. The van der Waals surface area contributed by atoms with Gasteiger partial charge in [-0.3, -0.25) is 4.98 Å². The van der Waals surface area contributed by atoms with Gasteiger partial charge in [-0.05, 0) is 48.4 Å². The Bertz CT molecular complexity index is 754. The van der Waals surface area contributed by atoms with Crippen LogP contribution in [0.25, 0.3) is 10.9 Å². The molecule has 3 N–H and O–H groups in total. The molecule has 0 aliphatic heterocycles. The van der Waals surface area contributed by atoms with Gasteiger partial charge in [0.15, 0.2) is 0 Å². The fourth-order valence-corrected chi connectivity index (χ4v) is 2.24. The summed E-state index contributed by atoms with van der Waals surface area (Å²) < 4.78 is 5.92. The molecule has 0 radical (unpaired) electrons. The number of benzene rings is 2. The number of nitrogen functional groups attached to an aromatic ring is 1. The highest BCUT2D eigenvalue weighted by Gasteiger charge is 2.07. The molecule has 21 heavy (non-hydrogen) atoms. The lowest BCUT2D eigenvalue weighted by atomic mass is 10.1. The first kappa shape index (κ1) is 13.4. The number of ether oxygens (including phenoxy) is 1. The second-order valence-corrected chi connectivity index (χ2v) is 4.77. The van der Waals surface area contributed by atoms with Gasteiger partial charge in [0.25, 0.3) is 0 Å². The predicted octanol–water partition coefficient (Wildman–Crippen LogP) is 3.14. The summed E-state index contributed by atoms with van der Waals surface area (Å²) in [6.45, 7) is 0.147. The van der Waals surface area contributed by atoms with Crippen LogP contribution >= 0.6 is 0 Å². The van der Waals surface area contributed by atoms with Crippen LogP contribution in [0.2, 0.25) is 0 Å². The molecule has 0 fully saturated rings. The smallest absolute Gasteiger partial charge is 0.136 e. The number of nitrogens with two attached hydrogens (primary N) is 1. The van der Waals surface area contributed by atoms with E-state index in [9.17, 15) is 0 Å². The van der Waals surface area contributed by atoms with E-state index in [0.717, 1.165) is 28.0 Å². The van der Waals surface area contributed by atoms with Crippen LogP contribution in [0.1, 0.15) is 5.56 Å². The van der Waals surface area contributed by atoms with Gasteiger partial charge < -0.3 is 15.6 Å². The van der Waals surface area contributed by atoms with Gasteiger partial charge in [-0.15, -0.1) is 0 Å². The van der Waals surface area contributed by atoms with Crippen molar-refractivity contribution in [2.75, 3.05) is 12.3 Å². The lowest BCUT2D eigenvalue weighted by Crippen LogP contribution is -1.93. The number of fused-ring (bicyclic) bond motifs is 1. The Morgan fingerprint density at radius 2 is 1.86 bits per heavy atom. The van der Waals surface area contributed by atoms with Crippen molar-refractivity contribution >= 4 is 16.6 Å². The fourth-order valence-electron chi connectivity index (χ4n) is 2.24. The minimum absolute atomic E-state index is 0.147. The molecule has 3 aromatic rings. The molecule has 0 unspecified atom stereocenters. The van der Waals surface area contributed by atoms with E-state index in [1.54, 1.807) is 12.3 Å². The fraction of sp³-hybridized carbons (Fsp3) is 0.118. The second-order valence-electron chi connectivity index (χ2n) is 4.77. The van der Waals surface area contributed by atoms with Gasteiger partial charge in [0.05, 0.1) is 11.2 Å². The molecule has 0 spiro atoms. The number of pyridine rings is 1. The number of hydrogen-bond donors (Lipinski definition) is 2. The summed E-state index contributed by atoms with van der Waals surface area (Å²) >= 11 is 0. The second kappa shape index (κ2) is 5.81.